The van der Waals surface area contributed by atoms with Crippen LogP contribution in [0.2, 0.25) is 0 Å². The number of hydrogen-bond acceptors (Lipinski definition) is 2. The van der Waals surface area contributed by atoms with Crippen molar-refractivity contribution in [3.8, 4) is 5.75 Å². The number of phenols is 1. The number of hydrogen-bond donors (Lipinski definition) is 1. The van der Waals surface area contributed by atoms with Gasteiger partial charge in [0.2, 0.25) is 0 Å². The van der Waals surface area contributed by atoms with Crippen molar-refractivity contribution in [3.05, 3.63) is 92.0 Å². The van der Waals surface area contributed by atoms with Crippen molar-refractivity contribution < 1.29 is 9.90 Å². The Bertz CT molecular complexity index is 1270. The number of ketones is 1. The Hall–Kier alpha value is -2.39. The van der Waals surface area contributed by atoms with Crippen LogP contribution in [0.1, 0.15) is 105 Å². The van der Waals surface area contributed by atoms with E-state index in [0.29, 0.717) is 5.75 Å². The summed E-state index contributed by atoms with van der Waals surface area (Å²) in [4.78, 5) is 13.7. The van der Waals surface area contributed by atoms with Gasteiger partial charge in [-0.2, -0.15) is 0 Å². The predicted octanol–water partition coefficient (Wildman–Crippen LogP) is 10.1. The molecule has 2 nitrogen and oxygen atoms in total. The van der Waals surface area contributed by atoms with E-state index >= 15 is 0 Å². The molecule has 0 bridgehead atoms. The zero-order chi connectivity index (χ0) is 29.0. The molecule has 0 heterocycles. The van der Waals surface area contributed by atoms with Crippen molar-refractivity contribution in [2.75, 3.05) is 0 Å². The van der Waals surface area contributed by atoms with Crippen LogP contribution in [0.25, 0.3) is 5.57 Å². The van der Waals surface area contributed by atoms with Gasteiger partial charge in [-0.25, -0.2) is 0 Å². The van der Waals surface area contributed by atoms with Gasteiger partial charge in [0.25, 0.3) is 0 Å². The molecular weight excluding hydrogens is 532 g/mol. The Kier molecular flexibility index (Phi) is 7.91. The van der Waals surface area contributed by atoms with Crippen LogP contribution in [0.5, 0.6) is 5.75 Å². The summed E-state index contributed by atoms with van der Waals surface area (Å²) >= 11 is 3.59. The van der Waals surface area contributed by atoms with E-state index in [0.717, 1.165) is 49.0 Å². The van der Waals surface area contributed by atoms with E-state index in [1.54, 1.807) is 0 Å². The van der Waals surface area contributed by atoms with Crippen molar-refractivity contribution in [3.63, 3.8) is 0 Å². The first-order chi connectivity index (χ1) is 17.1. The Labute approximate surface area is 239 Å². The fourth-order valence-electron chi connectivity index (χ4n) is 4.93. The molecule has 1 aliphatic rings. The SMILES string of the molecule is CC(C)(C)C1=CC(=C(c2ccc(Br)cc2)c2cc(C(C)(C)C)c(O)c(C(C)(C)C)c2)C=C(C(C)(C)C)C1=O. The smallest absolute Gasteiger partial charge is 0.186 e. The van der Waals surface area contributed by atoms with Crippen LogP contribution in [0.4, 0.5) is 0 Å². The fraction of sp³-hybridized carbons (Fsp3) is 0.457. The van der Waals surface area contributed by atoms with Gasteiger partial charge in [0, 0.05) is 26.7 Å². The summed E-state index contributed by atoms with van der Waals surface area (Å²) in [6.45, 7) is 25.5. The van der Waals surface area contributed by atoms with E-state index in [9.17, 15) is 9.90 Å². The lowest BCUT2D eigenvalue weighted by molar-refractivity contribution is -0.114. The molecule has 0 saturated carbocycles. The number of halogens is 1. The minimum atomic E-state index is -0.306. The number of carbonyl (C=O) groups is 1. The molecule has 0 aromatic heterocycles. The van der Waals surface area contributed by atoms with Crippen molar-refractivity contribution in [1.82, 2.24) is 0 Å². The van der Waals surface area contributed by atoms with E-state index in [2.05, 4.69) is 148 Å². The molecule has 2 aromatic rings. The summed E-state index contributed by atoms with van der Waals surface area (Å²) in [7, 11) is 0. The largest absolute Gasteiger partial charge is 0.507 e. The van der Waals surface area contributed by atoms with Crippen LogP contribution >= 0.6 is 15.9 Å². The van der Waals surface area contributed by atoms with Crippen molar-refractivity contribution >= 4 is 27.3 Å². The molecule has 3 rings (SSSR count). The molecule has 0 amide bonds. The van der Waals surface area contributed by atoms with Gasteiger partial charge in [-0.15, -0.1) is 0 Å². The second-order valence-electron chi connectivity index (χ2n) is 14.7. The lowest BCUT2D eigenvalue weighted by Gasteiger charge is -2.32. The molecule has 1 N–H and O–H groups in total. The summed E-state index contributed by atoms with van der Waals surface area (Å²) in [5.41, 5.74) is 6.55. The predicted molar refractivity (Wildman–Crippen MR) is 166 cm³/mol. The Morgan fingerprint density at radius 2 is 1.03 bits per heavy atom. The van der Waals surface area contributed by atoms with Crippen LogP contribution < -0.4 is 0 Å². The maximum absolute atomic E-state index is 13.7. The minimum Gasteiger partial charge on any atom is -0.507 e. The molecule has 0 spiro atoms. The zero-order valence-corrected chi connectivity index (χ0v) is 26.9. The standard InChI is InChI=1S/C35H45BrO2/c1-32(2,3)25-17-22(18-26(30(25)37)33(4,5)6)29(21-13-15-24(36)16-14-21)23-19-27(34(7,8)9)31(38)28(20-23)35(10,11)12/h13-20,37H,1-12H3. The summed E-state index contributed by atoms with van der Waals surface area (Å²) in [5.74, 6) is 0.491. The van der Waals surface area contributed by atoms with Gasteiger partial charge in [0.05, 0.1) is 0 Å². The molecule has 0 unspecified atom stereocenters. The summed E-state index contributed by atoms with van der Waals surface area (Å²) in [6.07, 6.45) is 4.19. The van der Waals surface area contributed by atoms with E-state index in [1.165, 1.54) is 0 Å². The van der Waals surface area contributed by atoms with Crippen molar-refractivity contribution in [1.29, 1.82) is 0 Å². The number of aromatic hydroxyl groups is 1. The van der Waals surface area contributed by atoms with Gasteiger partial charge in [0.15, 0.2) is 5.78 Å². The highest BCUT2D eigenvalue weighted by Crippen LogP contribution is 2.45. The van der Waals surface area contributed by atoms with E-state index in [1.807, 2.05) is 0 Å². The average Bonchev–Trinajstić information content (AvgIpc) is 2.73. The van der Waals surface area contributed by atoms with Crippen molar-refractivity contribution in [2.24, 2.45) is 10.8 Å². The van der Waals surface area contributed by atoms with Crippen molar-refractivity contribution in [2.45, 2.75) is 93.9 Å². The normalized spacial score (nSPS) is 15.4. The van der Waals surface area contributed by atoms with Gasteiger partial charge in [0.1, 0.15) is 5.75 Å². The molecule has 0 fully saturated rings. The van der Waals surface area contributed by atoms with Crippen LogP contribution in [0, 0.1) is 10.8 Å². The number of phenolic OH excluding ortho intramolecular Hbond substituents is 1. The highest BCUT2D eigenvalue weighted by atomic mass is 79.9. The molecule has 204 valence electrons. The van der Waals surface area contributed by atoms with E-state index in [-0.39, 0.29) is 27.4 Å². The van der Waals surface area contributed by atoms with Crippen LogP contribution in [0.3, 0.4) is 0 Å². The summed E-state index contributed by atoms with van der Waals surface area (Å²) in [5, 5.41) is 11.4. The van der Waals surface area contributed by atoms with Gasteiger partial charge < -0.3 is 5.11 Å². The molecule has 0 radical (unpaired) electrons. The summed E-state index contributed by atoms with van der Waals surface area (Å²) < 4.78 is 1.01. The molecule has 0 atom stereocenters. The first-order valence-electron chi connectivity index (χ1n) is 13.5. The molecule has 3 heteroatoms. The van der Waals surface area contributed by atoms with Gasteiger partial charge in [-0.3, -0.25) is 4.79 Å². The fourth-order valence-corrected chi connectivity index (χ4v) is 5.19. The zero-order valence-electron chi connectivity index (χ0n) is 25.4. The van der Waals surface area contributed by atoms with Gasteiger partial charge in [-0.1, -0.05) is 111 Å². The number of rotatable bonds is 2. The molecule has 2 aromatic carbocycles. The third-order valence-electron chi connectivity index (χ3n) is 7.14. The highest BCUT2D eigenvalue weighted by Gasteiger charge is 2.35. The quantitative estimate of drug-likeness (QED) is 0.386. The number of carbonyl (C=O) groups excluding carboxylic acids is 1. The van der Waals surface area contributed by atoms with Crippen LogP contribution in [-0.2, 0) is 15.6 Å². The van der Waals surface area contributed by atoms with Gasteiger partial charge >= 0.3 is 0 Å². The maximum atomic E-state index is 13.7. The molecular formula is C35H45BrO2. The Balaban J connectivity index is 2.58. The third-order valence-corrected chi connectivity index (χ3v) is 7.67. The first-order valence-corrected chi connectivity index (χ1v) is 14.3. The number of Topliss-reactive ketones (excluding diaryl/α,β-unsaturated/α-hetero) is 1. The highest BCUT2D eigenvalue weighted by molar-refractivity contribution is 9.10. The van der Waals surface area contributed by atoms with E-state index < -0.39 is 0 Å². The summed E-state index contributed by atoms with van der Waals surface area (Å²) in [6, 6.07) is 12.6. The Morgan fingerprint density at radius 1 is 0.632 bits per heavy atom. The first kappa shape index (κ1) is 30.2. The van der Waals surface area contributed by atoms with Gasteiger partial charge in [-0.05, 0) is 80.4 Å². The molecule has 0 saturated heterocycles. The lowest BCUT2D eigenvalue weighted by atomic mass is 9.70. The van der Waals surface area contributed by atoms with Crippen LogP contribution in [-0.4, -0.2) is 10.9 Å². The molecule has 38 heavy (non-hydrogen) atoms. The third kappa shape index (κ3) is 6.25. The Morgan fingerprint density at radius 3 is 1.37 bits per heavy atom. The number of allylic oxidation sites excluding steroid dienone is 5. The average molecular weight is 578 g/mol. The molecule has 1 aliphatic carbocycles. The topological polar surface area (TPSA) is 37.3 Å². The second-order valence-corrected chi connectivity index (χ2v) is 15.6. The number of benzene rings is 2. The molecule has 0 aliphatic heterocycles. The lowest BCUT2D eigenvalue weighted by Crippen LogP contribution is -2.28. The minimum absolute atomic E-state index is 0.125. The monoisotopic (exact) mass is 576 g/mol. The maximum Gasteiger partial charge on any atom is 0.186 e. The van der Waals surface area contributed by atoms with Crippen LogP contribution in [0.15, 0.2) is 69.7 Å². The second kappa shape index (κ2) is 9.97. The van der Waals surface area contributed by atoms with E-state index in [4.69, 9.17) is 0 Å².